The number of alkyl carbamates (subject to hydrolysis) is 1. The molecule has 24 heavy (non-hydrogen) atoms. The molecule has 0 spiro atoms. The lowest BCUT2D eigenvalue weighted by Crippen LogP contribution is -2.36. The highest BCUT2D eigenvalue weighted by atomic mass is 79.9. The fourth-order valence-electron chi connectivity index (χ4n) is 2.37. The van der Waals surface area contributed by atoms with Crippen LogP contribution < -0.4 is 15.4 Å². The lowest BCUT2D eigenvalue weighted by molar-refractivity contribution is 0.136. The molecule has 0 unspecified atom stereocenters. The standard InChI is InChI=1S/C14H19Br2N3O4S/c1-2-17-14(20)23-8-11-6-10(7-18-11)19-24(21,22)13-5-9(15)3-4-12(13)16/h3-5,10-11,18-19H,2,6-8H2,1H3,(H,17,20)/t10-,11-/m1/s1. The van der Waals surface area contributed by atoms with Crippen LogP contribution in [-0.2, 0) is 14.8 Å². The Labute approximate surface area is 158 Å². The van der Waals surface area contributed by atoms with Crippen molar-refractivity contribution in [3.63, 3.8) is 0 Å². The van der Waals surface area contributed by atoms with E-state index in [1.54, 1.807) is 25.1 Å². The van der Waals surface area contributed by atoms with Gasteiger partial charge in [-0.15, -0.1) is 0 Å². The molecule has 1 fully saturated rings. The van der Waals surface area contributed by atoms with Crippen LogP contribution in [0.15, 0.2) is 32.0 Å². The quantitative estimate of drug-likeness (QED) is 0.573. The van der Waals surface area contributed by atoms with Crippen LogP contribution in [0.2, 0.25) is 0 Å². The van der Waals surface area contributed by atoms with E-state index >= 15 is 0 Å². The summed E-state index contributed by atoms with van der Waals surface area (Å²) in [6.45, 7) is 2.99. The maximum absolute atomic E-state index is 12.5. The molecule has 1 aromatic rings. The Balaban J connectivity index is 1.92. The van der Waals surface area contributed by atoms with E-state index < -0.39 is 16.1 Å². The normalized spacial score (nSPS) is 20.8. The Morgan fingerprint density at radius 3 is 2.88 bits per heavy atom. The van der Waals surface area contributed by atoms with E-state index in [-0.39, 0.29) is 23.6 Å². The Bertz CT molecular complexity index is 699. The van der Waals surface area contributed by atoms with Gasteiger partial charge in [-0.05, 0) is 47.5 Å². The molecule has 2 atom stereocenters. The highest BCUT2D eigenvalue weighted by Gasteiger charge is 2.30. The molecule has 134 valence electrons. The Hall–Kier alpha value is -0.680. The van der Waals surface area contributed by atoms with Crippen molar-refractivity contribution in [2.24, 2.45) is 0 Å². The van der Waals surface area contributed by atoms with Crippen molar-refractivity contribution >= 4 is 48.0 Å². The first kappa shape index (κ1) is 19.6. The number of benzene rings is 1. The highest BCUT2D eigenvalue weighted by Crippen LogP contribution is 2.26. The molecular weight excluding hydrogens is 466 g/mol. The average Bonchev–Trinajstić information content (AvgIpc) is 2.94. The SMILES string of the molecule is CCNC(=O)OC[C@H]1C[C@@H](NS(=O)(=O)c2cc(Br)ccc2Br)CN1. The van der Waals surface area contributed by atoms with Gasteiger partial charge >= 0.3 is 6.09 Å². The molecule has 7 nitrogen and oxygen atoms in total. The average molecular weight is 485 g/mol. The molecule has 10 heteroatoms. The van der Waals surface area contributed by atoms with Crippen LogP contribution >= 0.6 is 31.9 Å². The molecular formula is C14H19Br2N3O4S. The van der Waals surface area contributed by atoms with Gasteiger partial charge in [-0.1, -0.05) is 15.9 Å². The van der Waals surface area contributed by atoms with Crippen LogP contribution in [0, 0.1) is 0 Å². The van der Waals surface area contributed by atoms with Crippen LogP contribution in [-0.4, -0.2) is 46.3 Å². The summed E-state index contributed by atoms with van der Waals surface area (Å²) in [5.74, 6) is 0. The van der Waals surface area contributed by atoms with Gasteiger partial charge in [0.15, 0.2) is 0 Å². The minimum Gasteiger partial charge on any atom is -0.448 e. The molecule has 1 heterocycles. The third kappa shape index (κ3) is 5.41. The van der Waals surface area contributed by atoms with Gasteiger partial charge < -0.3 is 15.4 Å². The molecule has 0 aromatic heterocycles. The van der Waals surface area contributed by atoms with E-state index in [1.165, 1.54) is 0 Å². The Kier molecular flexibility index (Phi) is 7.05. The van der Waals surface area contributed by atoms with Crippen LogP contribution in [0.1, 0.15) is 13.3 Å². The highest BCUT2D eigenvalue weighted by molar-refractivity contribution is 9.11. The number of ether oxygens (including phenoxy) is 1. The van der Waals surface area contributed by atoms with Crippen molar-refractivity contribution in [2.75, 3.05) is 19.7 Å². The first-order valence-electron chi connectivity index (χ1n) is 7.43. The molecule has 1 aliphatic heterocycles. The maximum Gasteiger partial charge on any atom is 0.407 e. The Morgan fingerprint density at radius 2 is 2.17 bits per heavy atom. The van der Waals surface area contributed by atoms with E-state index in [4.69, 9.17) is 4.74 Å². The van der Waals surface area contributed by atoms with Gasteiger partial charge in [0, 0.05) is 34.1 Å². The van der Waals surface area contributed by atoms with Gasteiger partial charge in [0.05, 0.1) is 4.90 Å². The molecule has 2 rings (SSSR count). The second kappa shape index (κ2) is 8.61. The van der Waals surface area contributed by atoms with E-state index in [0.717, 1.165) is 0 Å². The van der Waals surface area contributed by atoms with E-state index in [0.29, 0.717) is 28.5 Å². The summed E-state index contributed by atoms with van der Waals surface area (Å²) in [6.07, 6.45) is 0.0750. The number of amides is 1. The van der Waals surface area contributed by atoms with Crippen molar-refractivity contribution in [3.8, 4) is 0 Å². The summed E-state index contributed by atoms with van der Waals surface area (Å²) in [5.41, 5.74) is 0. The van der Waals surface area contributed by atoms with Gasteiger partial charge in [0.25, 0.3) is 0 Å². The van der Waals surface area contributed by atoms with E-state index in [9.17, 15) is 13.2 Å². The Morgan fingerprint density at radius 1 is 1.42 bits per heavy atom. The predicted molar refractivity (Wildman–Crippen MR) is 97.4 cm³/mol. The summed E-state index contributed by atoms with van der Waals surface area (Å²) >= 11 is 6.54. The molecule has 0 aliphatic carbocycles. The minimum atomic E-state index is -3.65. The smallest absolute Gasteiger partial charge is 0.407 e. The summed E-state index contributed by atoms with van der Waals surface area (Å²) in [7, 11) is -3.65. The van der Waals surface area contributed by atoms with Crippen LogP contribution in [0.3, 0.4) is 0 Å². The molecule has 1 amide bonds. The summed E-state index contributed by atoms with van der Waals surface area (Å²) in [5, 5.41) is 5.69. The monoisotopic (exact) mass is 483 g/mol. The van der Waals surface area contributed by atoms with Gasteiger partial charge in [-0.3, -0.25) is 0 Å². The number of hydrogen-bond acceptors (Lipinski definition) is 5. The van der Waals surface area contributed by atoms with E-state index in [1.807, 2.05) is 0 Å². The second-order valence-corrected chi connectivity index (χ2v) is 8.82. The fourth-order valence-corrected chi connectivity index (χ4v) is 5.12. The molecule has 1 aliphatic rings. The zero-order valence-electron chi connectivity index (χ0n) is 13.0. The topological polar surface area (TPSA) is 96.5 Å². The third-order valence-corrected chi connectivity index (χ3v) is 6.47. The first-order valence-corrected chi connectivity index (χ1v) is 10.5. The van der Waals surface area contributed by atoms with Crippen molar-refractivity contribution in [1.29, 1.82) is 0 Å². The van der Waals surface area contributed by atoms with Crippen molar-refractivity contribution in [3.05, 3.63) is 27.1 Å². The lowest BCUT2D eigenvalue weighted by atomic mass is 10.2. The van der Waals surface area contributed by atoms with Crippen LogP contribution in [0.4, 0.5) is 4.79 Å². The van der Waals surface area contributed by atoms with Crippen molar-refractivity contribution in [2.45, 2.75) is 30.3 Å². The van der Waals surface area contributed by atoms with Gasteiger partial charge in [-0.2, -0.15) is 0 Å². The van der Waals surface area contributed by atoms with Gasteiger partial charge in [0.2, 0.25) is 10.0 Å². The van der Waals surface area contributed by atoms with Crippen molar-refractivity contribution in [1.82, 2.24) is 15.4 Å². The zero-order valence-corrected chi connectivity index (χ0v) is 17.0. The number of rotatable bonds is 6. The first-order chi connectivity index (χ1) is 11.3. The summed E-state index contributed by atoms with van der Waals surface area (Å²) in [4.78, 5) is 11.5. The van der Waals surface area contributed by atoms with Gasteiger partial charge in [-0.25, -0.2) is 17.9 Å². The third-order valence-electron chi connectivity index (χ3n) is 3.46. The largest absolute Gasteiger partial charge is 0.448 e. The molecule has 0 bridgehead atoms. The summed E-state index contributed by atoms with van der Waals surface area (Å²) in [6, 6.07) is 4.64. The minimum absolute atomic E-state index is 0.0775. The van der Waals surface area contributed by atoms with E-state index in [2.05, 4.69) is 47.2 Å². The van der Waals surface area contributed by atoms with Crippen molar-refractivity contribution < 1.29 is 17.9 Å². The number of halogens is 2. The molecule has 1 saturated heterocycles. The molecule has 0 radical (unpaired) electrons. The van der Waals surface area contributed by atoms with Crippen LogP contribution in [0.5, 0.6) is 0 Å². The molecule has 1 aromatic carbocycles. The second-order valence-electron chi connectivity index (χ2n) is 5.36. The number of carbonyl (C=O) groups is 1. The molecule has 3 N–H and O–H groups in total. The predicted octanol–water partition coefficient (Wildman–Crippen LogP) is 1.97. The maximum atomic E-state index is 12.5. The lowest BCUT2D eigenvalue weighted by Gasteiger charge is -2.14. The number of nitrogens with one attached hydrogen (secondary N) is 3. The van der Waals surface area contributed by atoms with Crippen LogP contribution in [0.25, 0.3) is 0 Å². The number of carbonyl (C=O) groups excluding carboxylic acids is 1. The fraction of sp³-hybridized carbons (Fsp3) is 0.500. The summed E-state index contributed by atoms with van der Waals surface area (Å²) < 4.78 is 34.0. The van der Waals surface area contributed by atoms with Gasteiger partial charge in [0.1, 0.15) is 6.61 Å². The number of hydrogen-bond donors (Lipinski definition) is 3. The zero-order chi connectivity index (χ0) is 17.7. The molecule has 0 saturated carbocycles. The number of sulfonamides is 1.